The highest BCUT2D eigenvalue weighted by molar-refractivity contribution is 5.74. The van der Waals surface area contributed by atoms with Gasteiger partial charge in [-0.3, -0.25) is 9.89 Å². The first-order chi connectivity index (χ1) is 10.6. The minimum absolute atomic E-state index is 0.261. The number of H-pyrrole nitrogens is 1. The van der Waals surface area contributed by atoms with E-state index in [9.17, 15) is 9.90 Å². The second-order valence-electron chi connectivity index (χ2n) is 5.60. The Morgan fingerprint density at radius 1 is 1.45 bits per heavy atom. The number of hydrogen-bond donors (Lipinski definition) is 2. The lowest BCUT2D eigenvalue weighted by Gasteiger charge is -2.21. The predicted molar refractivity (Wildman–Crippen MR) is 79.8 cm³/mol. The first-order valence-corrected chi connectivity index (χ1v) is 7.26. The zero-order valence-corrected chi connectivity index (χ0v) is 12.1. The number of aromatic amines is 1. The number of hydrogen-bond acceptors (Lipinski definition) is 5. The minimum Gasteiger partial charge on any atom is -0.384 e. The Morgan fingerprint density at radius 2 is 2.32 bits per heavy atom. The van der Waals surface area contributed by atoms with E-state index in [2.05, 4.69) is 20.1 Å². The number of rotatable bonds is 2. The summed E-state index contributed by atoms with van der Waals surface area (Å²) in [6.07, 6.45) is 4.98. The molecule has 112 valence electrons. The van der Waals surface area contributed by atoms with Crippen LogP contribution >= 0.6 is 0 Å². The SMILES string of the molecule is CC[C@@]1(O)CCc2ccc(-n3[nH]c(=O)c4cncnc43)nc21. The largest absolute Gasteiger partial charge is 0.384 e. The van der Waals surface area contributed by atoms with Crippen molar-refractivity contribution in [2.24, 2.45) is 0 Å². The van der Waals surface area contributed by atoms with Crippen molar-refractivity contribution in [1.29, 1.82) is 0 Å². The van der Waals surface area contributed by atoms with E-state index >= 15 is 0 Å². The highest BCUT2D eigenvalue weighted by Gasteiger charge is 2.36. The van der Waals surface area contributed by atoms with Crippen LogP contribution in [0.15, 0.2) is 29.5 Å². The van der Waals surface area contributed by atoms with Gasteiger partial charge in [0.25, 0.3) is 5.56 Å². The van der Waals surface area contributed by atoms with Crippen LogP contribution in [0.3, 0.4) is 0 Å². The third kappa shape index (κ3) is 1.72. The number of pyridine rings is 1. The molecule has 0 aliphatic heterocycles. The average Bonchev–Trinajstić information content (AvgIpc) is 3.07. The van der Waals surface area contributed by atoms with Gasteiger partial charge in [0.2, 0.25) is 0 Å². The van der Waals surface area contributed by atoms with Crippen LogP contribution in [0, 0.1) is 0 Å². The van der Waals surface area contributed by atoms with Gasteiger partial charge in [0.05, 0.1) is 5.69 Å². The molecule has 0 radical (unpaired) electrons. The topological polar surface area (TPSA) is 96.7 Å². The quantitative estimate of drug-likeness (QED) is 0.737. The van der Waals surface area contributed by atoms with E-state index in [1.165, 1.54) is 17.2 Å². The summed E-state index contributed by atoms with van der Waals surface area (Å²) >= 11 is 0. The molecule has 0 fully saturated rings. The molecule has 0 aromatic carbocycles. The molecule has 0 bridgehead atoms. The van der Waals surface area contributed by atoms with Gasteiger partial charge in [-0.25, -0.2) is 19.6 Å². The van der Waals surface area contributed by atoms with Crippen molar-refractivity contribution >= 4 is 11.0 Å². The number of aromatic nitrogens is 5. The highest BCUT2D eigenvalue weighted by atomic mass is 16.3. The molecule has 22 heavy (non-hydrogen) atoms. The molecule has 3 aromatic rings. The maximum absolute atomic E-state index is 12.0. The molecule has 1 aliphatic rings. The van der Waals surface area contributed by atoms with Gasteiger partial charge in [-0.1, -0.05) is 13.0 Å². The predicted octanol–water partition coefficient (Wildman–Crippen LogP) is 1.05. The van der Waals surface area contributed by atoms with E-state index in [4.69, 9.17) is 0 Å². The van der Waals surface area contributed by atoms with Gasteiger partial charge in [0, 0.05) is 6.20 Å². The molecule has 3 aromatic heterocycles. The van der Waals surface area contributed by atoms with E-state index in [0.29, 0.717) is 35.4 Å². The Kier molecular flexibility index (Phi) is 2.67. The van der Waals surface area contributed by atoms with E-state index in [1.54, 1.807) is 0 Å². The lowest BCUT2D eigenvalue weighted by atomic mass is 9.98. The van der Waals surface area contributed by atoms with E-state index < -0.39 is 5.60 Å². The molecule has 1 atom stereocenters. The maximum Gasteiger partial charge on any atom is 0.275 e. The summed E-state index contributed by atoms with van der Waals surface area (Å²) in [7, 11) is 0. The third-order valence-electron chi connectivity index (χ3n) is 4.39. The summed E-state index contributed by atoms with van der Waals surface area (Å²) in [5.41, 5.74) is 1.09. The zero-order chi connectivity index (χ0) is 15.3. The smallest absolute Gasteiger partial charge is 0.275 e. The first kappa shape index (κ1) is 13.1. The highest BCUT2D eigenvalue weighted by Crippen LogP contribution is 2.38. The van der Waals surface area contributed by atoms with Gasteiger partial charge in [-0.2, -0.15) is 0 Å². The molecule has 3 heterocycles. The molecule has 2 N–H and O–H groups in total. The van der Waals surface area contributed by atoms with Crippen molar-refractivity contribution in [1.82, 2.24) is 24.7 Å². The molecule has 0 spiro atoms. The molecule has 7 nitrogen and oxygen atoms in total. The number of nitrogens with zero attached hydrogens (tertiary/aromatic N) is 4. The summed E-state index contributed by atoms with van der Waals surface area (Å²) in [6.45, 7) is 1.95. The van der Waals surface area contributed by atoms with Crippen LogP contribution in [0.1, 0.15) is 31.0 Å². The van der Waals surface area contributed by atoms with Crippen LogP contribution in [0.2, 0.25) is 0 Å². The van der Waals surface area contributed by atoms with Crippen LogP contribution in [0.25, 0.3) is 16.9 Å². The second kappa shape index (κ2) is 4.48. The molecule has 4 rings (SSSR count). The average molecular weight is 297 g/mol. The summed E-state index contributed by atoms with van der Waals surface area (Å²) in [5.74, 6) is 0.540. The van der Waals surface area contributed by atoms with Gasteiger partial charge in [-0.05, 0) is 30.9 Å². The van der Waals surface area contributed by atoms with Crippen molar-refractivity contribution in [3.63, 3.8) is 0 Å². The maximum atomic E-state index is 12.0. The monoisotopic (exact) mass is 297 g/mol. The van der Waals surface area contributed by atoms with Crippen LogP contribution in [0.5, 0.6) is 0 Å². The van der Waals surface area contributed by atoms with E-state index in [0.717, 1.165) is 12.0 Å². The van der Waals surface area contributed by atoms with Crippen LogP contribution in [0.4, 0.5) is 0 Å². The van der Waals surface area contributed by atoms with Crippen LogP contribution in [-0.2, 0) is 12.0 Å². The van der Waals surface area contributed by atoms with E-state index in [1.807, 2.05) is 19.1 Å². The van der Waals surface area contributed by atoms with Crippen molar-refractivity contribution < 1.29 is 5.11 Å². The fourth-order valence-electron chi connectivity index (χ4n) is 3.05. The molecule has 0 saturated heterocycles. The van der Waals surface area contributed by atoms with Gasteiger partial charge in [-0.15, -0.1) is 0 Å². The Labute approximate surface area is 125 Å². The number of aryl methyl sites for hydroxylation is 1. The van der Waals surface area contributed by atoms with E-state index in [-0.39, 0.29) is 5.56 Å². The van der Waals surface area contributed by atoms with Crippen molar-refractivity contribution in [2.75, 3.05) is 0 Å². The Bertz CT molecular complexity index is 929. The third-order valence-corrected chi connectivity index (χ3v) is 4.39. The molecule has 7 heteroatoms. The van der Waals surface area contributed by atoms with Crippen molar-refractivity contribution in [3.8, 4) is 5.82 Å². The fraction of sp³-hybridized carbons (Fsp3) is 0.333. The standard InChI is InChI=1S/C15H15N5O2/c1-2-15(22)6-5-9-3-4-11(18-12(9)15)20-13-10(14(21)19-20)7-16-8-17-13/h3-4,7-8,22H,2,5-6H2,1H3,(H,19,21)/t15-/m1/s1. The fourth-order valence-corrected chi connectivity index (χ4v) is 3.05. The Hall–Kier alpha value is -2.54. The van der Waals surface area contributed by atoms with Crippen LogP contribution < -0.4 is 5.56 Å². The van der Waals surface area contributed by atoms with Crippen molar-refractivity contribution in [2.45, 2.75) is 31.8 Å². The summed E-state index contributed by atoms with van der Waals surface area (Å²) in [5, 5.41) is 13.8. The Morgan fingerprint density at radius 3 is 3.14 bits per heavy atom. The molecule has 1 aliphatic carbocycles. The van der Waals surface area contributed by atoms with Crippen LogP contribution in [-0.4, -0.2) is 29.8 Å². The summed E-state index contributed by atoms with van der Waals surface area (Å²) in [6, 6.07) is 3.79. The number of nitrogens with one attached hydrogen (secondary N) is 1. The molecule has 0 saturated carbocycles. The van der Waals surface area contributed by atoms with Gasteiger partial charge in [0.1, 0.15) is 17.3 Å². The second-order valence-corrected chi connectivity index (χ2v) is 5.60. The van der Waals surface area contributed by atoms with Crippen molar-refractivity contribution in [3.05, 3.63) is 46.3 Å². The molecule has 0 amide bonds. The minimum atomic E-state index is -0.885. The lowest BCUT2D eigenvalue weighted by molar-refractivity contribution is 0.0306. The summed E-state index contributed by atoms with van der Waals surface area (Å²) < 4.78 is 1.54. The lowest BCUT2D eigenvalue weighted by Crippen LogP contribution is -2.22. The van der Waals surface area contributed by atoms with Gasteiger partial charge >= 0.3 is 0 Å². The number of aliphatic hydroxyl groups is 1. The van der Waals surface area contributed by atoms with Gasteiger partial charge in [0.15, 0.2) is 11.5 Å². The van der Waals surface area contributed by atoms with Gasteiger partial charge < -0.3 is 5.11 Å². The molecular weight excluding hydrogens is 282 g/mol. The summed E-state index contributed by atoms with van der Waals surface area (Å²) in [4.78, 5) is 24.6. The number of fused-ring (bicyclic) bond motifs is 2. The Balaban J connectivity index is 1.94. The zero-order valence-electron chi connectivity index (χ0n) is 12.1. The normalized spacial score (nSPS) is 20.5. The molecule has 0 unspecified atom stereocenters. The molecular formula is C15H15N5O2. The first-order valence-electron chi connectivity index (χ1n) is 7.26.